The molecule has 3 aromatic heterocycles. The maximum absolute atomic E-state index is 13.7. The van der Waals surface area contributed by atoms with Crippen LogP contribution >= 0.6 is 0 Å². The first kappa shape index (κ1) is 21.0. The van der Waals surface area contributed by atoms with E-state index in [4.69, 9.17) is 0 Å². The second kappa shape index (κ2) is 7.75. The number of carbonyl (C=O) groups is 1. The molecule has 4 heterocycles. The number of halogens is 3. The van der Waals surface area contributed by atoms with Crippen LogP contribution in [-0.2, 0) is 6.18 Å². The van der Waals surface area contributed by atoms with Gasteiger partial charge in [0.25, 0.3) is 11.5 Å². The standard InChI is InChI=1S/C21H20F3N5O2/c1-11-5-6-13(9-25-11)20(31)29-7-3-4-14(10-29)16-8-15(21(22,23)24)17-18(28-16)26-12(2)27-19(17)30/h5-6,8-9,14H,3-4,7,10H2,1-2H3,(H,26,27,28,30)/t14-/m0/s1. The Bertz CT molecular complexity index is 1200. The molecule has 0 bridgehead atoms. The lowest BCUT2D eigenvalue weighted by Crippen LogP contribution is -2.39. The van der Waals surface area contributed by atoms with Crippen LogP contribution in [0, 0.1) is 13.8 Å². The summed E-state index contributed by atoms with van der Waals surface area (Å²) in [6, 6.07) is 4.34. The fraction of sp³-hybridized carbons (Fsp3) is 0.381. The summed E-state index contributed by atoms with van der Waals surface area (Å²) in [7, 11) is 0. The molecule has 10 heteroatoms. The van der Waals surface area contributed by atoms with Crippen LogP contribution in [-0.4, -0.2) is 43.8 Å². The van der Waals surface area contributed by atoms with Crippen molar-refractivity contribution in [3.8, 4) is 0 Å². The number of hydrogen-bond donors (Lipinski definition) is 1. The lowest BCUT2D eigenvalue weighted by molar-refractivity contribution is -0.136. The van der Waals surface area contributed by atoms with Gasteiger partial charge in [-0.05, 0) is 44.9 Å². The Balaban J connectivity index is 1.72. The molecule has 1 atom stereocenters. The predicted octanol–water partition coefficient (Wildman–Crippen LogP) is 3.37. The first-order valence-electron chi connectivity index (χ1n) is 9.84. The van der Waals surface area contributed by atoms with Crippen LogP contribution in [0.15, 0.2) is 29.2 Å². The smallest absolute Gasteiger partial charge is 0.338 e. The zero-order chi connectivity index (χ0) is 22.3. The van der Waals surface area contributed by atoms with Crippen molar-refractivity contribution in [2.24, 2.45) is 0 Å². The minimum atomic E-state index is -4.74. The SMILES string of the molecule is Cc1ccc(C(=O)N2CCC[C@H](c3cc(C(F)(F)F)c4c(=O)[nH]c(C)nc4n3)C2)cn1. The van der Waals surface area contributed by atoms with Crippen molar-refractivity contribution in [2.45, 2.75) is 38.8 Å². The number of hydrogen-bond acceptors (Lipinski definition) is 5. The number of aromatic amines is 1. The van der Waals surface area contributed by atoms with Crippen LogP contribution in [0.1, 0.15) is 51.9 Å². The monoisotopic (exact) mass is 431 g/mol. The predicted molar refractivity (Wildman–Crippen MR) is 107 cm³/mol. The molecular formula is C21H20F3N5O2. The molecule has 0 saturated carbocycles. The Kier molecular flexibility index (Phi) is 5.24. The molecule has 0 spiro atoms. The maximum atomic E-state index is 13.7. The molecule has 4 rings (SSSR count). The van der Waals surface area contributed by atoms with Crippen LogP contribution in [0.5, 0.6) is 0 Å². The number of H-pyrrole nitrogens is 1. The van der Waals surface area contributed by atoms with E-state index in [0.29, 0.717) is 24.9 Å². The molecular weight excluding hydrogens is 411 g/mol. The number of rotatable bonds is 2. The van der Waals surface area contributed by atoms with Gasteiger partial charge in [0, 0.05) is 36.6 Å². The van der Waals surface area contributed by atoms with Crippen LogP contribution in [0.2, 0.25) is 0 Å². The Morgan fingerprint density at radius 2 is 2.00 bits per heavy atom. The van der Waals surface area contributed by atoms with E-state index in [1.165, 1.54) is 13.1 Å². The van der Waals surface area contributed by atoms with Gasteiger partial charge in [-0.25, -0.2) is 9.97 Å². The van der Waals surface area contributed by atoms with Crippen molar-refractivity contribution in [3.63, 3.8) is 0 Å². The van der Waals surface area contributed by atoms with E-state index in [2.05, 4.69) is 19.9 Å². The number of fused-ring (bicyclic) bond motifs is 1. The van der Waals surface area contributed by atoms with E-state index < -0.39 is 28.6 Å². The van der Waals surface area contributed by atoms with Crippen molar-refractivity contribution in [1.29, 1.82) is 0 Å². The zero-order valence-corrected chi connectivity index (χ0v) is 17.0. The van der Waals surface area contributed by atoms with Crippen molar-refractivity contribution >= 4 is 16.9 Å². The van der Waals surface area contributed by atoms with E-state index in [1.807, 2.05) is 6.92 Å². The van der Waals surface area contributed by atoms with Gasteiger partial charge in [0.15, 0.2) is 5.65 Å². The molecule has 0 radical (unpaired) electrons. The summed E-state index contributed by atoms with van der Waals surface area (Å²) < 4.78 is 41.2. The number of likely N-dealkylation sites (tertiary alicyclic amines) is 1. The molecule has 1 N–H and O–H groups in total. The Hall–Kier alpha value is -3.30. The van der Waals surface area contributed by atoms with Crippen LogP contribution < -0.4 is 5.56 Å². The molecule has 0 aromatic carbocycles. The number of amides is 1. The molecule has 1 amide bonds. The Morgan fingerprint density at radius 3 is 2.68 bits per heavy atom. The minimum absolute atomic E-state index is 0.178. The summed E-state index contributed by atoms with van der Waals surface area (Å²) in [4.78, 5) is 41.4. The number of aryl methyl sites for hydroxylation is 2. The molecule has 7 nitrogen and oxygen atoms in total. The number of nitrogens with zero attached hydrogens (tertiary/aromatic N) is 4. The van der Waals surface area contributed by atoms with Crippen LogP contribution in [0.4, 0.5) is 13.2 Å². The molecule has 162 valence electrons. The fourth-order valence-corrected chi connectivity index (χ4v) is 3.88. The fourth-order valence-electron chi connectivity index (χ4n) is 3.88. The van der Waals surface area contributed by atoms with E-state index in [0.717, 1.165) is 11.8 Å². The van der Waals surface area contributed by atoms with Crippen molar-refractivity contribution in [1.82, 2.24) is 24.8 Å². The van der Waals surface area contributed by atoms with Gasteiger partial charge in [0.2, 0.25) is 0 Å². The van der Waals surface area contributed by atoms with Gasteiger partial charge in [-0.15, -0.1) is 0 Å². The summed E-state index contributed by atoms with van der Waals surface area (Å²) in [5, 5.41) is -0.573. The summed E-state index contributed by atoms with van der Waals surface area (Å²) >= 11 is 0. The third-order valence-electron chi connectivity index (χ3n) is 5.41. The number of nitrogens with one attached hydrogen (secondary N) is 1. The lowest BCUT2D eigenvalue weighted by atomic mass is 9.92. The summed E-state index contributed by atoms with van der Waals surface area (Å²) in [6.07, 6.45) is -2.04. The van der Waals surface area contributed by atoms with Gasteiger partial charge in [0.05, 0.1) is 16.5 Å². The third-order valence-corrected chi connectivity index (χ3v) is 5.41. The van der Waals surface area contributed by atoms with Gasteiger partial charge >= 0.3 is 6.18 Å². The lowest BCUT2D eigenvalue weighted by Gasteiger charge is -2.32. The Labute approximate surface area is 175 Å². The van der Waals surface area contributed by atoms with Gasteiger partial charge in [-0.1, -0.05) is 0 Å². The van der Waals surface area contributed by atoms with E-state index in [1.54, 1.807) is 17.0 Å². The summed E-state index contributed by atoms with van der Waals surface area (Å²) in [5.74, 6) is -0.440. The van der Waals surface area contributed by atoms with Crippen molar-refractivity contribution in [2.75, 3.05) is 13.1 Å². The van der Waals surface area contributed by atoms with Crippen molar-refractivity contribution < 1.29 is 18.0 Å². The molecule has 1 fully saturated rings. The highest BCUT2D eigenvalue weighted by molar-refractivity contribution is 5.94. The number of pyridine rings is 2. The molecule has 1 saturated heterocycles. The van der Waals surface area contributed by atoms with E-state index >= 15 is 0 Å². The number of carbonyl (C=O) groups excluding carboxylic acids is 1. The van der Waals surface area contributed by atoms with Crippen LogP contribution in [0.25, 0.3) is 11.0 Å². The highest BCUT2D eigenvalue weighted by Crippen LogP contribution is 2.36. The quantitative estimate of drug-likeness (QED) is 0.672. The number of piperidine rings is 1. The van der Waals surface area contributed by atoms with E-state index in [9.17, 15) is 22.8 Å². The summed E-state index contributed by atoms with van der Waals surface area (Å²) in [6.45, 7) is 4.03. The molecule has 31 heavy (non-hydrogen) atoms. The van der Waals surface area contributed by atoms with E-state index in [-0.39, 0.29) is 29.6 Å². The molecule has 1 aliphatic rings. The largest absolute Gasteiger partial charge is 0.417 e. The Morgan fingerprint density at radius 1 is 1.23 bits per heavy atom. The van der Waals surface area contributed by atoms with Gasteiger partial charge in [-0.2, -0.15) is 13.2 Å². The molecule has 1 aliphatic heterocycles. The highest BCUT2D eigenvalue weighted by atomic mass is 19.4. The average molecular weight is 431 g/mol. The average Bonchev–Trinajstić information content (AvgIpc) is 2.72. The van der Waals surface area contributed by atoms with Crippen LogP contribution in [0.3, 0.4) is 0 Å². The second-order valence-corrected chi connectivity index (χ2v) is 7.72. The number of aromatic nitrogens is 4. The first-order chi connectivity index (χ1) is 14.6. The maximum Gasteiger partial charge on any atom is 0.417 e. The van der Waals surface area contributed by atoms with Gasteiger partial charge < -0.3 is 9.88 Å². The van der Waals surface area contributed by atoms with Gasteiger partial charge in [0.1, 0.15) is 5.82 Å². The topological polar surface area (TPSA) is 91.8 Å². The first-order valence-corrected chi connectivity index (χ1v) is 9.84. The second-order valence-electron chi connectivity index (χ2n) is 7.72. The molecule has 0 unspecified atom stereocenters. The highest BCUT2D eigenvalue weighted by Gasteiger charge is 2.36. The third kappa shape index (κ3) is 4.14. The molecule has 0 aliphatic carbocycles. The zero-order valence-electron chi connectivity index (χ0n) is 17.0. The minimum Gasteiger partial charge on any atom is -0.338 e. The van der Waals surface area contributed by atoms with Crippen molar-refractivity contribution in [3.05, 3.63) is 63.1 Å². The normalized spacial score (nSPS) is 17.2. The summed E-state index contributed by atoms with van der Waals surface area (Å²) in [5.41, 5.74) is -0.786. The van der Waals surface area contributed by atoms with Gasteiger partial charge in [-0.3, -0.25) is 14.6 Å². The molecule has 3 aromatic rings. The number of alkyl halides is 3.